The Balaban J connectivity index is 0.000000118. The van der Waals surface area contributed by atoms with Crippen molar-refractivity contribution in [2.24, 2.45) is 0 Å². The molecule has 0 radical (unpaired) electrons. The number of aryl methyl sites for hydroxylation is 1. The van der Waals surface area contributed by atoms with Gasteiger partial charge in [0.05, 0.1) is 89.2 Å². The number of fused-ring (bicyclic) bond motifs is 11. The molecule has 0 amide bonds. The molecule has 0 aliphatic carbocycles. The zero-order valence-corrected chi connectivity index (χ0v) is 81.9. The maximum absolute atomic E-state index is 13.9. The zero-order valence-electron chi connectivity index (χ0n) is 81.1. The van der Waals surface area contributed by atoms with E-state index in [1.165, 1.54) is 44.5 Å². The number of anilines is 12. The van der Waals surface area contributed by atoms with Gasteiger partial charge in [0.1, 0.15) is 6.07 Å². The third kappa shape index (κ3) is 16.5. The predicted octanol–water partition coefficient (Wildman–Crippen LogP) is 34.3. The van der Waals surface area contributed by atoms with Crippen LogP contribution < -0.4 is 29.1 Å². The fourth-order valence-corrected chi connectivity index (χ4v) is 22.5. The molecule has 147 heavy (non-hydrogen) atoms. The summed E-state index contributed by atoms with van der Waals surface area (Å²) >= 11 is 0. The minimum Gasteiger partial charge on any atom is -0.453 e. The van der Waals surface area contributed by atoms with Gasteiger partial charge in [-0.15, -0.1) is 0 Å². The van der Waals surface area contributed by atoms with Crippen LogP contribution in [0.5, 0.6) is 23.0 Å². The molecule has 4 aliphatic rings. The third-order valence-electron chi connectivity index (χ3n) is 28.6. The monoisotopic (exact) mass is 1910 g/mol. The van der Waals surface area contributed by atoms with Crippen LogP contribution in [0.25, 0.3) is 106 Å². The standard InChI is InChI=1S/C45H29N5O2.C45H29N3.C42H36N2O2S/c1-2-12-30(13-3-1)43-46-44(31-22-26-33(27-23-31)49-35-14-4-8-18-39(35)51-40-19-9-5-15-36(40)49)48-45(47-43)32-24-28-34(29-25-32)50-37-16-6-10-20-41(37)52-42-21-11-7-17-38(42)50;1-30-24-31(28-46)25-40(29-47)45(30)48-43-22-20-38(36-16-12-34(13-17-36)32-8-4-2-5-9-32)26-41(43)42-27-39(21-23-44(42)48)37-18-14-35(15-19-37)33-10-6-3-7-11-33;1-41(2)33-13-5-9-17-37(33)43(38-18-10-6-14-34(38)41)29-21-25-31(26-22-29)47(45,46)32-27-23-30(24-28-32)44-39-19-11-7-15-35(39)42(3,4)36-16-8-12-20-40(36)44/h1-29H;2-27H,1H3;5-28H,1-4H3. The Kier molecular flexibility index (Phi) is 23.0. The lowest BCUT2D eigenvalue weighted by atomic mass is 9.73. The molecule has 0 atom stereocenters. The van der Waals surface area contributed by atoms with E-state index in [9.17, 15) is 18.9 Å². The van der Waals surface area contributed by atoms with Crippen LogP contribution in [-0.4, -0.2) is 27.9 Å². The Bertz CT molecular complexity index is 8440. The summed E-state index contributed by atoms with van der Waals surface area (Å²) < 4.78 is 42.5. The van der Waals surface area contributed by atoms with Gasteiger partial charge in [-0.2, -0.15) is 10.5 Å². The number of para-hydroxylation sites is 12. The quantitative estimate of drug-likeness (QED) is 0.101. The molecule has 20 aromatic carbocycles. The second kappa shape index (κ2) is 37.4. The van der Waals surface area contributed by atoms with Gasteiger partial charge in [-0.05, 0) is 286 Å². The number of nitriles is 2. The Labute approximate surface area is 854 Å². The van der Waals surface area contributed by atoms with E-state index < -0.39 is 9.84 Å². The Hall–Kier alpha value is -19.1. The highest BCUT2D eigenvalue weighted by Crippen LogP contribution is 2.57. The molecule has 15 heteroatoms. The van der Waals surface area contributed by atoms with Gasteiger partial charge in [-0.3, -0.25) is 0 Å². The van der Waals surface area contributed by atoms with Crippen LogP contribution in [0.1, 0.15) is 66.6 Å². The lowest BCUT2D eigenvalue weighted by molar-refractivity contribution is 0.477. The second-order valence-electron chi connectivity index (χ2n) is 38.1. The van der Waals surface area contributed by atoms with E-state index in [0.29, 0.717) is 28.6 Å². The summed E-state index contributed by atoms with van der Waals surface area (Å²) in [6.45, 7) is 11.0. The molecule has 0 unspecified atom stereocenters. The minimum absolute atomic E-state index is 0.159. The van der Waals surface area contributed by atoms with Gasteiger partial charge in [0.2, 0.25) is 9.84 Å². The smallest absolute Gasteiger partial charge is 0.206 e. The zero-order chi connectivity index (χ0) is 99.6. The molecule has 0 N–H and O–H groups in total. The third-order valence-corrected chi connectivity index (χ3v) is 30.4. The number of sulfone groups is 1. The summed E-state index contributed by atoms with van der Waals surface area (Å²) in [5, 5.41) is 22.1. The fraction of sp³-hybridized carbons (Fsp3) is 0.0530. The van der Waals surface area contributed by atoms with Crippen molar-refractivity contribution >= 4 is 99.9 Å². The molecule has 702 valence electrons. The normalized spacial score (nSPS) is 13.0. The Morgan fingerprint density at radius 3 is 0.830 bits per heavy atom. The van der Waals surface area contributed by atoms with Gasteiger partial charge in [0.15, 0.2) is 40.5 Å². The second-order valence-corrected chi connectivity index (χ2v) is 40.0. The van der Waals surface area contributed by atoms with Crippen LogP contribution in [0.15, 0.2) is 489 Å². The fourth-order valence-electron chi connectivity index (χ4n) is 21.2. The van der Waals surface area contributed by atoms with E-state index in [1.807, 2.05) is 153 Å². The maximum atomic E-state index is 13.9. The molecule has 2 aromatic heterocycles. The highest BCUT2D eigenvalue weighted by Gasteiger charge is 2.40. The summed E-state index contributed by atoms with van der Waals surface area (Å²) in [6.07, 6.45) is 0. The molecule has 0 spiro atoms. The molecule has 6 heterocycles. The minimum atomic E-state index is -3.75. The summed E-state index contributed by atoms with van der Waals surface area (Å²) in [6, 6.07) is 167. The average Bonchev–Trinajstić information content (AvgIpc) is 1.33. The molecule has 0 fully saturated rings. The van der Waals surface area contributed by atoms with Gasteiger partial charge < -0.3 is 33.6 Å². The van der Waals surface area contributed by atoms with Gasteiger partial charge in [0, 0.05) is 61.0 Å². The van der Waals surface area contributed by atoms with Crippen LogP contribution in [0.3, 0.4) is 0 Å². The van der Waals surface area contributed by atoms with Crippen molar-refractivity contribution in [3.8, 4) is 119 Å². The van der Waals surface area contributed by atoms with Gasteiger partial charge in [-0.1, -0.05) is 301 Å². The molecular formula is C132H94N10O4S. The maximum Gasteiger partial charge on any atom is 0.206 e. The van der Waals surface area contributed by atoms with Crippen LogP contribution in [-0.2, 0) is 20.7 Å². The Morgan fingerprint density at radius 2 is 0.510 bits per heavy atom. The molecule has 22 aromatic rings. The van der Waals surface area contributed by atoms with E-state index in [-0.39, 0.29) is 20.6 Å². The first-order valence-corrected chi connectivity index (χ1v) is 50.6. The van der Waals surface area contributed by atoms with Gasteiger partial charge in [0.25, 0.3) is 0 Å². The average molecular weight is 1920 g/mol. The number of ether oxygens (including phenoxy) is 2. The highest BCUT2D eigenvalue weighted by atomic mass is 32.2. The van der Waals surface area contributed by atoms with Crippen molar-refractivity contribution in [1.82, 2.24) is 19.5 Å². The van der Waals surface area contributed by atoms with Crippen molar-refractivity contribution < 1.29 is 17.9 Å². The van der Waals surface area contributed by atoms with Crippen molar-refractivity contribution in [2.75, 3.05) is 19.6 Å². The van der Waals surface area contributed by atoms with E-state index in [0.717, 1.165) is 163 Å². The van der Waals surface area contributed by atoms with E-state index in [2.05, 4.69) is 367 Å². The van der Waals surface area contributed by atoms with Crippen molar-refractivity contribution in [1.29, 1.82) is 10.5 Å². The lowest BCUT2D eigenvalue weighted by Crippen LogP contribution is -2.30. The molecule has 0 saturated carbocycles. The van der Waals surface area contributed by atoms with Crippen molar-refractivity contribution in [3.05, 3.63) is 518 Å². The number of hydrogen-bond acceptors (Lipinski definition) is 13. The topological polar surface area (TPSA) is 157 Å². The number of aromatic nitrogens is 4. The number of rotatable bonds is 14. The SMILES string of the molecule is CC1(C)c2ccccc2N(c2ccc(S(=O)(=O)c3ccc(N4c5ccccc5C(C)(C)c5ccccc54)cc3)cc2)c2ccccc21.Cc1cc(C#N)cc(C#N)c1-n1c2ccc(-c3ccc(-c4ccccc4)cc3)cc2c2cc(-c3ccc(-c4ccccc4)cc3)ccc21.c1ccc(-c2nc(-c3ccc(N4c5ccccc5Oc5ccccc54)cc3)nc(-c3ccc(N4c5ccccc5Oc5ccccc54)cc3)n2)cc1. The van der Waals surface area contributed by atoms with Crippen LogP contribution in [0.4, 0.5) is 68.2 Å². The lowest BCUT2D eigenvalue weighted by Gasteiger charge is -2.42. The van der Waals surface area contributed by atoms with E-state index in [4.69, 9.17) is 24.4 Å². The number of benzene rings is 20. The van der Waals surface area contributed by atoms with E-state index in [1.54, 1.807) is 30.3 Å². The molecule has 0 bridgehead atoms. The first-order chi connectivity index (χ1) is 72.0. The first-order valence-electron chi connectivity index (χ1n) is 49.1. The molecular weight excluding hydrogens is 1820 g/mol. The molecule has 0 saturated heterocycles. The van der Waals surface area contributed by atoms with Gasteiger partial charge in [-0.25, -0.2) is 23.4 Å². The Morgan fingerprint density at radius 1 is 0.259 bits per heavy atom. The molecule has 4 aliphatic heterocycles. The molecule has 26 rings (SSSR count). The first kappa shape index (κ1) is 90.5. The summed E-state index contributed by atoms with van der Waals surface area (Å²) in [5.41, 5.74) is 33.4. The molecule has 14 nitrogen and oxygen atoms in total. The van der Waals surface area contributed by atoms with Crippen LogP contribution in [0.2, 0.25) is 0 Å². The summed E-state index contributed by atoms with van der Waals surface area (Å²) in [7, 11) is -3.75. The number of nitrogens with zero attached hydrogens (tertiary/aromatic N) is 10. The highest BCUT2D eigenvalue weighted by molar-refractivity contribution is 7.91. The van der Waals surface area contributed by atoms with Crippen molar-refractivity contribution in [3.63, 3.8) is 0 Å². The predicted molar refractivity (Wildman–Crippen MR) is 594 cm³/mol. The largest absolute Gasteiger partial charge is 0.453 e. The van der Waals surface area contributed by atoms with Crippen LogP contribution in [0, 0.1) is 29.6 Å². The number of hydrogen-bond donors (Lipinski definition) is 0. The van der Waals surface area contributed by atoms with Crippen molar-refractivity contribution in [2.45, 2.75) is 55.2 Å². The summed E-state index contributed by atoms with van der Waals surface area (Å²) in [4.78, 5) is 24.4. The van der Waals surface area contributed by atoms with Crippen LogP contribution >= 0.6 is 0 Å². The van der Waals surface area contributed by atoms with E-state index >= 15 is 0 Å². The van der Waals surface area contributed by atoms with Gasteiger partial charge >= 0.3 is 0 Å². The summed E-state index contributed by atoms with van der Waals surface area (Å²) in [5.74, 6) is 5.05.